The second-order valence-electron chi connectivity index (χ2n) is 12.9. The fourth-order valence-electron chi connectivity index (χ4n) is 5.21. The number of carbonyl (C=O) groups is 4. The molecule has 0 spiro atoms. The molecule has 1 aliphatic rings. The number of carbonyl (C=O) groups excluding carboxylic acids is 3. The summed E-state index contributed by atoms with van der Waals surface area (Å²) < 4.78 is 5.40. The maximum Gasteiger partial charge on any atom is 0.407 e. The van der Waals surface area contributed by atoms with Gasteiger partial charge in [0.15, 0.2) is 0 Å². The van der Waals surface area contributed by atoms with Crippen LogP contribution in [0.25, 0.3) is 0 Å². The van der Waals surface area contributed by atoms with Crippen molar-refractivity contribution in [3.05, 3.63) is 29.8 Å². The molecule has 2 rings (SSSR count). The van der Waals surface area contributed by atoms with Gasteiger partial charge in [0.1, 0.15) is 5.60 Å². The highest BCUT2D eigenvalue weighted by Gasteiger charge is 2.38. The second-order valence-corrected chi connectivity index (χ2v) is 12.9. The summed E-state index contributed by atoms with van der Waals surface area (Å²) in [5, 5.41) is 26.2. The first-order valence-corrected chi connectivity index (χ1v) is 13.9. The Hall–Kier alpha value is -3.14. The number of aliphatic carboxylic acids is 1. The second kappa shape index (κ2) is 13.5. The lowest BCUT2D eigenvalue weighted by molar-refractivity contribution is -0.144. The Morgan fingerprint density at radius 2 is 1.73 bits per heavy atom. The molecule has 0 bridgehead atoms. The van der Waals surface area contributed by atoms with Crippen LogP contribution in [-0.2, 0) is 25.5 Å². The highest BCUT2D eigenvalue weighted by atomic mass is 16.6. The Morgan fingerprint density at radius 3 is 2.27 bits per heavy atom. The third-order valence-electron chi connectivity index (χ3n) is 7.26. The Bertz CT molecular complexity index is 1060. The van der Waals surface area contributed by atoms with Crippen molar-refractivity contribution in [1.29, 1.82) is 0 Å². The molecule has 10 heteroatoms. The predicted octanol–water partition coefficient (Wildman–Crippen LogP) is 3.75. The summed E-state index contributed by atoms with van der Waals surface area (Å²) in [5.74, 6) is -2.74. The fourth-order valence-corrected chi connectivity index (χ4v) is 5.21. The van der Waals surface area contributed by atoms with Crippen molar-refractivity contribution in [2.75, 3.05) is 18.5 Å². The fraction of sp³-hybridized carbons (Fsp3) is 0.667. The molecule has 0 radical (unpaired) electrons. The molecule has 1 heterocycles. The molecular formula is C30H47N3O7. The van der Waals surface area contributed by atoms with Crippen LogP contribution in [0.3, 0.4) is 0 Å². The van der Waals surface area contributed by atoms with E-state index in [-0.39, 0.29) is 49.5 Å². The van der Waals surface area contributed by atoms with Crippen molar-refractivity contribution in [3.8, 4) is 0 Å². The Labute approximate surface area is 237 Å². The van der Waals surface area contributed by atoms with Gasteiger partial charge in [0.25, 0.3) is 0 Å². The lowest BCUT2D eigenvalue weighted by atomic mass is 9.78. The van der Waals surface area contributed by atoms with Gasteiger partial charge >= 0.3 is 12.1 Å². The van der Waals surface area contributed by atoms with Crippen molar-refractivity contribution >= 4 is 29.6 Å². The minimum absolute atomic E-state index is 0.0647. The van der Waals surface area contributed by atoms with E-state index in [9.17, 15) is 29.4 Å². The lowest BCUT2D eigenvalue weighted by Crippen LogP contribution is -2.50. The van der Waals surface area contributed by atoms with E-state index in [4.69, 9.17) is 4.74 Å². The van der Waals surface area contributed by atoms with Crippen LogP contribution < -0.4 is 15.5 Å². The SMILES string of the molecule is CNC(=O)[C@@H]1Cc2ccccc2N(C(=O)CC(C)(C)C[C@H](NC(=O)OC(C)(C)C)[C@@H](O)C[C@H](C(=O)O)C(C)C)C1. The number of ether oxygens (including phenoxy) is 1. The van der Waals surface area contributed by atoms with Crippen LogP contribution in [0.5, 0.6) is 0 Å². The first-order chi connectivity index (χ1) is 18.4. The summed E-state index contributed by atoms with van der Waals surface area (Å²) >= 11 is 0. The Kier molecular flexibility index (Phi) is 11.1. The normalized spacial score (nSPS) is 17.9. The number of alkyl carbamates (subject to hydrolysis) is 1. The van der Waals surface area contributed by atoms with Crippen molar-refractivity contribution in [2.24, 2.45) is 23.2 Å². The van der Waals surface area contributed by atoms with Crippen LogP contribution in [0.15, 0.2) is 24.3 Å². The summed E-state index contributed by atoms with van der Waals surface area (Å²) in [6.45, 7) is 12.7. The summed E-state index contributed by atoms with van der Waals surface area (Å²) in [6, 6.07) is 6.67. The Balaban J connectivity index is 2.27. The molecule has 0 aromatic heterocycles. The highest BCUT2D eigenvalue weighted by Crippen LogP contribution is 2.35. The van der Waals surface area contributed by atoms with Crippen LogP contribution in [0.2, 0.25) is 0 Å². The van der Waals surface area contributed by atoms with E-state index >= 15 is 0 Å². The first kappa shape index (κ1) is 33.1. The smallest absolute Gasteiger partial charge is 0.407 e. The zero-order valence-electron chi connectivity index (χ0n) is 25.1. The number of anilines is 1. The number of nitrogens with zero attached hydrogens (tertiary/aromatic N) is 1. The van der Waals surface area contributed by atoms with Crippen molar-refractivity contribution < 1.29 is 34.1 Å². The van der Waals surface area contributed by atoms with Gasteiger partial charge in [0.05, 0.1) is 24.0 Å². The van der Waals surface area contributed by atoms with Gasteiger partial charge in [-0.2, -0.15) is 0 Å². The lowest BCUT2D eigenvalue weighted by Gasteiger charge is -2.38. The average molecular weight is 562 g/mol. The van der Waals surface area contributed by atoms with Gasteiger partial charge < -0.3 is 30.5 Å². The first-order valence-electron chi connectivity index (χ1n) is 13.9. The molecule has 1 aromatic carbocycles. The zero-order valence-corrected chi connectivity index (χ0v) is 25.1. The van der Waals surface area contributed by atoms with Gasteiger partial charge in [-0.1, -0.05) is 45.9 Å². The van der Waals surface area contributed by atoms with Crippen molar-refractivity contribution in [1.82, 2.24) is 10.6 Å². The van der Waals surface area contributed by atoms with Crippen molar-refractivity contribution in [2.45, 2.75) is 91.9 Å². The van der Waals surface area contributed by atoms with E-state index in [1.807, 2.05) is 38.1 Å². The van der Waals surface area contributed by atoms with Gasteiger partial charge in [-0.05, 0) is 63.0 Å². The van der Waals surface area contributed by atoms with Gasteiger partial charge in [-0.25, -0.2) is 4.79 Å². The van der Waals surface area contributed by atoms with E-state index in [2.05, 4.69) is 10.6 Å². The summed E-state index contributed by atoms with van der Waals surface area (Å²) in [5.41, 5.74) is 0.216. The third-order valence-corrected chi connectivity index (χ3v) is 7.26. The van der Waals surface area contributed by atoms with Crippen LogP contribution in [0.4, 0.5) is 10.5 Å². The van der Waals surface area contributed by atoms with Crippen LogP contribution >= 0.6 is 0 Å². The van der Waals surface area contributed by atoms with Crippen molar-refractivity contribution in [3.63, 3.8) is 0 Å². The zero-order chi connectivity index (χ0) is 30.4. The molecule has 1 aliphatic heterocycles. The standard InChI is InChI=1S/C30H47N3O7/c1-18(2)21(27(37)38)14-24(34)22(32-28(39)40-29(3,4)5)15-30(6,7)16-25(35)33-17-20(26(36)31-8)13-19-11-9-10-12-23(19)33/h9-12,18,20-22,24,34H,13-17H2,1-8H3,(H,31,36)(H,32,39)(H,37,38)/t20-,21+,22+,24+/m1/s1. The number of hydrogen-bond donors (Lipinski definition) is 4. The molecule has 0 saturated heterocycles. The molecule has 40 heavy (non-hydrogen) atoms. The van der Waals surface area contributed by atoms with E-state index < -0.39 is 41.1 Å². The van der Waals surface area contributed by atoms with Gasteiger partial charge in [0, 0.05) is 25.7 Å². The topological polar surface area (TPSA) is 145 Å². The van der Waals surface area contributed by atoms with Gasteiger partial charge in [0.2, 0.25) is 11.8 Å². The molecule has 0 saturated carbocycles. The number of amides is 3. The van der Waals surface area contributed by atoms with Crippen LogP contribution in [0, 0.1) is 23.2 Å². The molecule has 4 N–H and O–H groups in total. The van der Waals surface area contributed by atoms with E-state index in [1.54, 1.807) is 46.6 Å². The molecule has 10 nitrogen and oxygen atoms in total. The minimum Gasteiger partial charge on any atom is -0.481 e. The van der Waals surface area contributed by atoms with Crippen LogP contribution in [0.1, 0.15) is 73.3 Å². The monoisotopic (exact) mass is 561 g/mol. The molecule has 0 aliphatic carbocycles. The number of aliphatic hydroxyl groups is 1. The number of fused-ring (bicyclic) bond motifs is 1. The highest BCUT2D eigenvalue weighted by molar-refractivity contribution is 5.96. The van der Waals surface area contributed by atoms with Gasteiger partial charge in [-0.15, -0.1) is 0 Å². The maximum absolute atomic E-state index is 13.7. The Morgan fingerprint density at radius 1 is 1.10 bits per heavy atom. The molecular weight excluding hydrogens is 514 g/mol. The largest absolute Gasteiger partial charge is 0.481 e. The van der Waals surface area contributed by atoms with Gasteiger partial charge in [-0.3, -0.25) is 14.4 Å². The van der Waals surface area contributed by atoms with Crippen LogP contribution in [-0.4, -0.2) is 65.4 Å². The summed E-state index contributed by atoms with van der Waals surface area (Å²) in [7, 11) is 1.58. The quantitative estimate of drug-likeness (QED) is 0.322. The number of carboxylic acids is 1. The molecule has 1 aromatic rings. The number of para-hydroxylation sites is 1. The number of carboxylic acid groups (broad SMARTS) is 1. The molecule has 0 fully saturated rings. The minimum atomic E-state index is -1.18. The predicted molar refractivity (Wildman–Crippen MR) is 153 cm³/mol. The number of nitrogens with one attached hydrogen (secondary N) is 2. The van der Waals surface area contributed by atoms with E-state index in [0.29, 0.717) is 6.42 Å². The number of rotatable bonds is 11. The number of hydrogen-bond acceptors (Lipinski definition) is 6. The molecule has 3 amide bonds. The number of aliphatic hydroxyl groups excluding tert-OH is 1. The summed E-state index contributed by atoms with van der Waals surface area (Å²) in [4.78, 5) is 52.3. The molecule has 224 valence electrons. The number of benzene rings is 1. The summed E-state index contributed by atoms with van der Waals surface area (Å²) in [6.07, 6.45) is -1.17. The average Bonchev–Trinajstić information content (AvgIpc) is 2.83. The van der Waals surface area contributed by atoms with E-state index in [1.165, 1.54) is 0 Å². The third kappa shape index (κ3) is 9.50. The van der Waals surface area contributed by atoms with E-state index in [0.717, 1.165) is 11.3 Å². The molecule has 0 unspecified atom stereocenters. The maximum atomic E-state index is 13.7. The molecule has 4 atom stereocenters.